The van der Waals surface area contributed by atoms with Crippen molar-refractivity contribution in [1.29, 1.82) is 0 Å². The smallest absolute Gasteiger partial charge is 0.320 e. The molecule has 1 aliphatic carbocycles. The van der Waals surface area contributed by atoms with Crippen LogP contribution in [0.15, 0.2) is 54.6 Å². The molecule has 1 heterocycles. The Balaban J connectivity index is 1.45. The number of rotatable bonds is 6. The number of nitrogens with zero attached hydrogens (tertiary/aromatic N) is 1. The van der Waals surface area contributed by atoms with E-state index in [1.54, 1.807) is 0 Å². The van der Waals surface area contributed by atoms with Gasteiger partial charge in [-0.2, -0.15) is 0 Å². The molecule has 4 rings (SSSR count). The third-order valence-electron chi connectivity index (χ3n) is 6.02. The minimum atomic E-state index is -0.680. The Morgan fingerprint density at radius 3 is 2.63 bits per heavy atom. The molecule has 1 saturated heterocycles. The van der Waals surface area contributed by atoms with Gasteiger partial charge >= 0.3 is 5.97 Å². The molecule has 27 heavy (non-hydrogen) atoms. The van der Waals surface area contributed by atoms with Crippen molar-refractivity contribution in [1.82, 2.24) is 4.90 Å². The van der Waals surface area contributed by atoms with Crippen molar-refractivity contribution in [3.8, 4) is 5.75 Å². The topological polar surface area (TPSA) is 49.8 Å². The second kappa shape index (κ2) is 8.13. The van der Waals surface area contributed by atoms with Crippen molar-refractivity contribution in [2.75, 3.05) is 0 Å². The number of aliphatic carboxylic acids is 1. The SMILES string of the molecule is O=C(O)C1CC2CCCCC2N1Cc1cccc(OCc2ccccc2)c1. The van der Waals surface area contributed by atoms with Crippen LogP contribution in [-0.2, 0) is 17.9 Å². The molecule has 3 unspecified atom stereocenters. The average molecular weight is 365 g/mol. The number of likely N-dealkylation sites (tertiary alicyclic amines) is 1. The number of fused-ring (bicyclic) bond motifs is 1. The van der Waals surface area contributed by atoms with Crippen LogP contribution in [0.5, 0.6) is 5.75 Å². The quantitative estimate of drug-likeness (QED) is 0.820. The van der Waals surface area contributed by atoms with Crippen LogP contribution in [-0.4, -0.2) is 28.1 Å². The summed E-state index contributed by atoms with van der Waals surface area (Å²) in [5.74, 6) is 0.695. The van der Waals surface area contributed by atoms with Crippen molar-refractivity contribution in [2.24, 2.45) is 5.92 Å². The predicted octanol–water partition coefficient (Wildman–Crippen LogP) is 4.48. The summed E-state index contributed by atoms with van der Waals surface area (Å²) in [6.07, 6.45) is 5.54. The van der Waals surface area contributed by atoms with Crippen molar-refractivity contribution in [3.63, 3.8) is 0 Å². The summed E-state index contributed by atoms with van der Waals surface area (Å²) in [4.78, 5) is 14.0. The molecule has 2 aromatic carbocycles. The third-order valence-corrected chi connectivity index (χ3v) is 6.02. The molecule has 4 nitrogen and oxygen atoms in total. The lowest BCUT2D eigenvalue weighted by Crippen LogP contribution is -2.41. The molecule has 2 aliphatic rings. The summed E-state index contributed by atoms with van der Waals surface area (Å²) in [5.41, 5.74) is 2.26. The Bertz CT molecular complexity index is 776. The molecule has 0 amide bonds. The first-order valence-corrected chi connectivity index (χ1v) is 9.95. The molecular formula is C23H27NO3. The van der Waals surface area contributed by atoms with Gasteiger partial charge in [-0.3, -0.25) is 9.69 Å². The molecule has 0 bridgehead atoms. The van der Waals surface area contributed by atoms with Gasteiger partial charge in [0.15, 0.2) is 0 Å². The summed E-state index contributed by atoms with van der Waals surface area (Å²) in [6, 6.07) is 18.3. The van der Waals surface area contributed by atoms with E-state index in [4.69, 9.17) is 4.74 Å². The van der Waals surface area contributed by atoms with Gasteiger partial charge in [-0.1, -0.05) is 55.3 Å². The van der Waals surface area contributed by atoms with Crippen LogP contribution in [0.3, 0.4) is 0 Å². The van der Waals surface area contributed by atoms with Crippen molar-refractivity contribution < 1.29 is 14.6 Å². The van der Waals surface area contributed by atoms with E-state index >= 15 is 0 Å². The van der Waals surface area contributed by atoms with E-state index in [1.165, 1.54) is 19.3 Å². The molecule has 1 saturated carbocycles. The molecule has 2 fully saturated rings. The second-order valence-electron chi connectivity index (χ2n) is 7.80. The summed E-state index contributed by atoms with van der Waals surface area (Å²) in [5, 5.41) is 9.71. The van der Waals surface area contributed by atoms with Crippen LogP contribution in [0.25, 0.3) is 0 Å². The van der Waals surface area contributed by atoms with Crippen molar-refractivity contribution in [2.45, 2.75) is 57.3 Å². The molecular weight excluding hydrogens is 338 g/mol. The van der Waals surface area contributed by atoms with E-state index in [9.17, 15) is 9.90 Å². The first kappa shape index (κ1) is 18.1. The monoisotopic (exact) mass is 365 g/mol. The zero-order valence-corrected chi connectivity index (χ0v) is 15.6. The Morgan fingerprint density at radius 1 is 1.04 bits per heavy atom. The first-order chi connectivity index (χ1) is 13.2. The number of carboxylic acids is 1. The first-order valence-electron chi connectivity index (χ1n) is 9.95. The van der Waals surface area contributed by atoms with Gasteiger partial charge in [0.05, 0.1) is 0 Å². The summed E-state index contributed by atoms with van der Waals surface area (Å²) >= 11 is 0. The van der Waals surface area contributed by atoms with Gasteiger partial charge in [-0.25, -0.2) is 0 Å². The Kier molecular flexibility index (Phi) is 5.44. The highest BCUT2D eigenvalue weighted by molar-refractivity contribution is 5.74. The minimum absolute atomic E-state index is 0.355. The summed E-state index contributed by atoms with van der Waals surface area (Å²) < 4.78 is 5.94. The van der Waals surface area contributed by atoms with E-state index in [1.807, 2.05) is 30.3 Å². The Morgan fingerprint density at radius 2 is 1.81 bits per heavy atom. The highest BCUT2D eigenvalue weighted by Gasteiger charge is 2.44. The maximum atomic E-state index is 11.8. The number of carboxylic acid groups (broad SMARTS) is 1. The zero-order chi connectivity index (χ0) is 18.6. The number of carbonyl (C=O) groups is 1. The number of hydrogen-bond donors (Lipinski definition) is 1. The fourth-order valence-electron chi connectivity index (χ4n) is 4.71. The van der Waals surface area contributed by atoms with Gasteiger partial charge in [0.25, 0.3) is 0 Å². The van der Waals surface area contributed by atoms with Gasteiger partial charge < -0.3 is 9.84 Å². The molecule has 1 aliphatic heterocycles. The van der Waals surface area contributed by atoms with Crippen LogP contribution >= 0.6 is 0 Å². The van der Waals surface area contributed by atoms with Crippen LogP contribution in [0, 0.1) is 5.92 Å². The van der Waals surface area contributed by atoms with Gasteiger partial charge in [0.1, 0.15) is 18.4 Å². The summed E-state index contributed by atoms with van der Waals surface area (Å²) in [6.45, 7) is 1.22. The van der Waals surface area contributed by atoms with Crippen LogP contribution in [0.2, 0.25) is 0 Å². The highest BCUT2D eigenvalue weighted by atomic mass is 16.5. The zero-order valence-electron chi connectivity index (χ0n) is 15.6. The normalized spacial score (nSPS) is 25.1. The van der Waals surface area contributed by atoms with Gasteiger partial charge in [-0.05, 0) is 48.4 Å². The van der Waals surface area contributed by atoms with Crippen molar-refractivity contribution >= 4 is 5.97 Å². The van der Waals surface area contributed by atoms with E-state index in [-0.39, 0.29) is 6.04 Å². The molecule has 3 atom stereocenters. The highest BCUT2D eigenvalue weighted by Crippen LogP contribution is 2.40. The molecule has 4 heteroatoms. The average Bonchev–Trinajstić information content (AvgIpc) is 3.06. The largest absolute Gasteiger partial charge is 0.489 e. The molecule has 0 aromatic heterocycles. The minimum Gasteiger partial charge on any atom is -0.489 e. The van der Waals surface area contributed by atoms with Gasteiger partial charge in [-0.15, -0.1) is 0 Å². The Hall–Kier alpha value is -2.33. The standard InChI is InChI=1S/C23H27NO3/c25-23(26)22-14-19-10-4-5-12-21(19)24(22)15-18-9-6-11-20(13-18)27-16-17-7-2-1-3-8-17/h1-3,6-9,11,13,19,21-22H,4-5,10,12,14-16H2,(H,25,26). The van der Waals surface area contributed by atoms with E-state index < -0.39 is 5.97 Å². The maximum absolute atomic E-state index is 11.8. The fourth-order valence-corrected chi connectivity index (χ4v) is 4.71. The lowest BCUT2D eigenvalue weighted by Gasteiger charge is -2.33. The summed E-state index contributed by atoms with van der Waals surface area (Å²) in [7, 11) is 0. The molecule has 1 N–H and O–H groups in total. The lowest BCUT2D eigenvalue weighted by atomic mass is 9.84. The van der Waals surface area contributed by atoms with Crippen LogP contribution in [0.1, 0.15) is 43.2 Å². The molecule has 142 valence electrons. The molecule has 0 spiro atoms. The van der Waals surface area contributed by atoms with E-state index in [0.717, 1.165) is 29.7 Å². The van der Waals surface area contributed by atoms with Gasteiger partial charge in [0, 0.05) is 12.6 Å². The van der Waals surface area contributed by atoms with E-state index in [2.05, 4.69) is 29.2 Å². The third kappa shape index (κ3) is 4.16. The molecule has 2 aromatic rings. The van der Waals surface area contributed by atoms with Crippen LogP contribution < -0.4 is 4.74 Å². The predicted molar refractivity (Wildman–Crippen MR) is 105 cm³/mol. The van der Waals surface area contributed by atoms with Crippen LogP contribution in [0.4, 0.5) is 0 Å². The second-order valence-corrected chi connectivity index (χ2v) is 7.80. The Labute approximate surface area is 160 Å². The van der Waals surface area contributed by atoms with Gasteiger partial charge in [0.2, 0.25) is 0 Å². The van der Waals surface area contributed by atoms with Crippen molar-refractivity contribution in [3.05, 3.63) is 65.7 Å². The molecule has 0 radical (unpaired) electrons. The number of hydrogen-bond acceptors (Lipinski definition) is 3. The number of benzene rings is 2. The van der Waals surface area contributed by atoms with E-state index in [0.29, 0.717) is 25.1 Å². The number of ether oxygens (including phenoxy) is 1. The fraction of sp³-hybridized carbons (Fsp3) is 0.435. The maximum Gasteiger partial charge on any atom is 0.320 e. The lowest BCUT2D eigenvalue weighted by molar-refractivity contribution is -0.142.